The van der Waals surface area contributed by atoms with E-state index >= 15 is 0 Å². The first-order valence-electron chi connectivity index (χ1n) is 11.7. The highest BCUT2D eigenvalue weighted by Gasteiger charge is 2.45. The Hall–Kier alpha value is -3.92. The molecule has 2 aromatic rings. The van der Waals surface area contributed by atoms with Gasteiger partial charge >= 0.3 is 11.9 Å². The van der Waals surface area contributed by atoms with Crippen LogP contribution in [0.1, 0.15) is 48.0 Å². The highest BCUT2D eigenvalue weighted by Crippen LogP contribution is 2.46. The first-order valence-corrected chi connectivity index (χ1v) is 12.5. The molecule has 36 heavy (non-hydrogen) atoms. The van der Waals surface area contributed by atoms with Crippen molar-refractivity contribution in [3.8, 4) is 0 Å². The number of anilines is 1. The zero-order valence-corrected chi connectivity index (χ0v) is 20.0. The maximum absolute atomic E-state index is 13.8. The van der Waals surface area contributed by atoms with Gasteiger partial charge in [0, 0.05) is 11.6 Å². The van der Waals surface area contributed by atoms with E-state index in [0.717, 1.165) is 43.9 Å². The number of aliphatic carboxylic acids is 1. The summed E-state index contributed by atoms with van der Waals surface area (Å²) in [5.74, 6) is -3.10. The number of carboxylic acid groups (broad SMARTS) is 2. The van der Waals surface area contributed by atoms with Gasteiger partial charge in [-0.2, -0.15) is 0 Å². The molecule has 2 fully saturated rings. The summed E-state index contributed by atoms with van der Waals surface area (Å²) < 4.78 is 0. The van der Waals surface area contributed by atoms with Crippen LogP contribution in [-0.2, 0) is 14.4 Å². The van der Waals surface area contributed by atoms with Crippen LogP contribution in [0.3, 0.4) is 0 Å². The van der Waals surface area contributed by atoms with Gasteiger partial charge in [0.25, 0.3) is 11.8 Å². The predicted octanol–water partition coefficient (Wildman–Crippen LogP) is 4.12. The molecule has 2 heterocycles. The molecule has 9 nitrogen and oxygen atoms in total. The van der Waals surface area contributed by atoms with Gasteiger partial charge in [0.15, 0.2) is 5.17 Å². The van der Waals surface area contributed by atoms with Crippen LogP contribution in [0.4, 0.5) is 11.4 Å². The number of aromatic carboxylic acids is 1. The van der Waals surface area contributed by atoms with Gasteiger partial charge in [0.2, 0.25) is 0 Å². The average Bonchev–Trinajstić information content (AvgIpc) is 3.32. The number of thioether (sulfide) groups is 1. The van der Waals surface area contributed by atoms with Crippen molar-refractivity contribution >= 4 is 57.6 Å². The highest BCUT2D eigenvalue weighted by atomic mass is 32.2. The number of benzene rings is 2. The number of hydrogen-bond donors (Lipinski definition) is 2. The van der Waals surface area contributed by atoms with E-state index in [2.05, 4.69) is 4.99 Å². The summed E-state index contributed by atoms with van der Waals surface area (Å²) in [7, 11) is 0. The van der Waals surface area contributed by atoms with Gasteiger partial charge in [-0.1, -0.05) is 43.5 Å². The molecule has 1 saturated heterocycles. The molecule has 0 bridgehead atoms. The van der Waals surface area contributed by atoms with Crippen LogP contribution in [0.25, 0.3) is 5.57 Å². The largest absolute Gasteiger partial charge is 0.480 e. The van der Waals surface area contributed by atoms with Crippen LogP contribution in [-0.4, -0.2) is 56.6 Å². The fourth-order valence-electron chi connectivity index (χ4n) is 4.89. The maximum atomic E-state index is 13.8. The molecule has 5 rings (SSSR count). The number of rotatable bonds is 5. The molecule has 0 spiro atoms. The van der Waals surface area contributed by atoms with E-state index < -0.39 is 24.4 Å². The Morgan fingerprint density at radius 3 is 2.44 bits per heavy atom. The van der Waals surface area contributed by atoms with Crippen molar-refractivity contribution in [3.63, 3.8) is 0 Å². The lowest BCUT2D eigenvalue weighted by molar-refractivity contribution is -0.136. The molecule has 3 aliphatic rings. The minimum absolute atomic E-state index is 0.0816. The molecule has 184 valence electrons. The second-order valence-corrected chi connectivity index (χ2v) is 9.80. The summed E-state index contributed by atoms with van der Waals surface area (Å²) in [6.07, 6.45) is 4.64. The van der Waals surface area contributed by atoms with Gasteiger partial charge in [-0.15, -0.1) is 0 Å². The van der Waals surface area contributed by atoms with Gasteiger partial charge in [-0.3, -0.25) is 24.2 Å². The van der Waals surface area contributed by atoms with Crippen molar-refractivity contribution in [2.24, 2.45) is 4.99 Å². The zero-order chi connectivity index (χ0) is 25.4. The number of carboxylic acids is 2. The Bertz CT molecular complexity index is 1340. The molecule has 10 heteroatoms. The van der Waals surface area contributed by atoms with Gasteiger partial charge in [-0.05, 0) is 48.9 Å². The third-order valence-corrected chi connectivity index (χ3v) is 7.57. The molecule has 2 amide bonds. The fraction of sp³-hybridized carbons (Fsp3) is 0.269. The normalized spacial score (nSPS) is 21.4. The topological polar surface area (TPSA) is 128 Å². The molecule has 2 aromatic carbocycles. The molecular weight excluding hydrogens is 482 g/mol. The first-order chi connectivity index (χ1) is 17.3. The second-order valence-electron chi connectivity index (χ2n) is 8.83. The fourth-order valence-corrected chi connectivity index (χ4v) is 6.04. The molecule has 0 radical (unpaired) electrons. The summed E-state index contributed by atoms with van der Waals surface area (Å²) in [6, 6.07) is 12.9. The van der Waals surface area contributed by atoms with Gasteiger partial charge in [0.05, 0.1) is 27.4 Å². The van der Waals surface area contributed by atoms with E-state index in [1.54, 1.807) is 41.3 Å². The molecular formula is C26H23N3O6S. The van der Waals surface area contributed by atoms with E-state index in [-0.39, 0.29) is 28.0 Å². The molecule has 0 unspecified atom stereocenters. The third-order valence-electron chi connectivity index (χ3n) is 6.51. The Morgan fingerprint density at radius 2 is 1.72 bits per heavy atom. The van der Waals surface area contributed by atoms with Crippen molar-refractivity contribution < 1.29 is 29.4 Å². The number of aliphatic imine (C=N–C) groups is 1. The highest BCUT2D eigenvalue weighted by molar-refractivity contribution is 8.18. The quantitative estimate of drug-likeness (QED) is 0.585. The Morgan fingerprint density at radius 1 is 0.972 bits per heavy atom. The Labute approximate surface area is 211 Å². The number of fused-ring (bicyclic) bond motifs is 1. The van der Waals surface area contributed by atoms with Crippen molar-refractivity contribution in [2.75, 3.05) is 11.4 Å². The number of amidine groups is 1. The molecule has 2 aliphatic heterocycles. The van der Waals surface area contributed by atoms with Gasteiger partial charge < -0.3 is 10.2 Å². The Balaban J connectivity index is 1.62. The average molecular weight is 506 g/mol. The van der Waals surface area contributed by atoms with Gasteiger partial charge in [-0.25, -0.2) is 9.79 Å². The van der Waals surface area contributed by atoms with Crippen molar-refractivity contribution in [1.82, 2.24) is 4.90 Å². The summed E-state index contributed by atoms with van der Waals surface area (Å²) in [6.45, 7) is -0.513. The number of amides is 2. The van der Waals surface area contributed by atoms with Crippen LogP contribution < -0.4 is 4.90 Å². The number of carbonyl (C=O) groups excluding carboxylic acids is 2. The summed E-state index contributed by atoms with van der Waals surface area (Å²) in [5, 5.41) is 19.1. The second kappa shape index (κ2) is 9.62. The molecule has 1 saturated carbocycles. The van der Waals surface area contributed by atoms with E-state index in [9.17, 15) is 29.4 Å². The summed E-state index contributed by atoms with van der Waals surface area (Å²) in [5.41, 5.74) is 1.61. The molecule has 2 N–H and O–H groups in total. The van der Waals surface area contributed by atoms with Crippen LogP contribution in [0.5, 0.6) is 0 Å². The standard InChI is InChI=1S/C26H23N3O6S/c30-20(31)14-28-19-12-5-4-11-18(19)21(23(28)32)22-24(33)29(17-9-2-1-3-10-17)26(36-22)27-16-8-6-7-15(13-16)25(34)35/h4-8,11-13,17H,1-3,9-10,14H2,(H,30,31)(H,34,35)/b22-21-,27-26?. The lowest BCUT2D eigenvalue weighted by Gasteiger charge is -2.30. The summed E-state index contributed by atoms with van der Waals surface area (Å²) >= 11 is 1.08. The zero-order valence-electron chi connectivity index (χ0n) is 19.2. The minimum Gasteiger partial charge on any atom is -0.480 e. The Kier molecular flexibility index (Phi) is 6.36. The number of para-hydroxylation sites is 1. The van der Waals surface area contributed by atoms with E-state index in [1.165, 1.54) is 17.0 Å². The lowest BCUT2D eigenvalue weighted by atomic mass is 9.94. The third kappa shape index (κ3) is 4.28. The number of carbonyl (C=O) groups is 4. The van der Waals surface area contributed by atoms with Crippen LogP contribution >= 0.6 is 11.8 Å². The van der Waals surface area contributed by atoms with Crippen molar-refractivity contribution in [2.45, 2.75) is 38.1 Å². The smallest absolute Gasteiger partial charge is 0.335 e. The SMILES string of the molecule is O=C(O)CN1C(=O)/C(=C2\SC(=Nc3cccc(C(=O)O)c3)N(C3CCCCC3)C2=O)c2ccccc21. The minimum atomic E-state index is -1.15. The lowest BCUT2D eigenvalue weighted by Crippen LogP contribution is -2.40. The predicted molar refractivity (Wildman–Crippen MR) is 135 cm³/mol. The summed E-state index contributed by atoms with van der Waals surface area (Å²) in [4.78, 5) is 57.8. The van der Waals surface area contributed by atoms with E-state index in [4.69, 9.17) is 0 Å². The van der Waals surface area contributed by atoms with E-state index in [1.807, 2.05) is 0 Å². The van der Waals surface area contributed by atoms with Crippen LogP contribution in [0.2, 0.25) is 0 Å². The molecule has 0 atom stereocenters. The molecule has 0 aromatic heterocycles. The number of nitrogens with zero attached hydrogens (tertiary/aromatic N) is 3. The number of hydrogen-bond acceptors (Lipinski definition) is 6. The van der Waals surface area contributed by atoms with Crippen molar-refractivity contribution in [3.05, 3.63) is 64.6 Å². The molecule has 1 aliphatic carbocycles. The van der Waals surface area contributed by atoms with Crippen LogP contribution in [0, 0.1) is 0 Å². The van der Waals surface area contributed by atoms with Crippen LogP contribution in [0.15, 0.2) is 58.4 Å². The van der Waals surface area contributed by atoms with Crippen molar-refractivity contribution in [1.29, 1.82) is 0 Å². The first kappa shape index (κ1) is 23.8. The van der Waals surface area contributed by atoms with E-state index in [0.29, 0.717) is 22.1 Å². The van der Waals surface area contributed by atoms with Gasteiger partial charge in [0.1, 0.15) is 6.54 Å². The monoisotopic (exact) mass is 505 g/mol. The maximum Gasteiger partial charge on any atom is 0.335 e.